The second-order valence-electron chi connectivity index (χ2n) is 7.05. The summed E-state index contributed by atoms with van der Waals surface area (Å²) in [6.45, 7) is 5.60. The van der Waals surface area contributed by atoms with Crippen molar-refractivity contribution in [2.24, 2.45) is 0 Å². The molecule has 3 aromatic rings. The van der Waals surface area contributed by atoms with Crippen molar-refractivity contribution in [1.29, 1.82) is 0 Å². The molecule has 0 radical (unpaired) electrons. The number of aryl methyl sites for hydroxylation is 2. The maximum Gasteiger partial charge on any atom is 0.261 e. The van der Waals surface area contributed by atoms with Crippen LogP contribution in [0.1, 0.15) is 40.0 Å². The van der Waals surface area contributed by atoms with Gasteiger partial charge in [0, 0.05) is 11.3 Å². The predicted octanol–water partition coefficient (Wildman–Crippen LogP) is 4.60. The number of rotatable bonds is 6. The summed E-state index contributed by atoms with van der Waals surface area (Å²) in [5.41, 5.74) is 3.52. The van der Waals surface area contributed by atoms with Crippen LogP contribution in [0.2, 0.25) is 0 Å². The van der Waals surface area contributed by atoms with Gasteiger partial charge in [0.2, 0.25) is 0 Å². The smallest absolute Gasteiger partial charge is 0.261 e. The highest BCUT2D eigenvalue weighted by Crippen LogP contribution is 2.21. The molecule has 0 saturated carbocycles. The van der Waals surface area contributed by atoms with E-state index in [0.29, 0.717) is 16.8 Å². The summed E-state index contributed by atoms with van der Waals surface area (Å²) in [6.07, 6.45) is 0. The number of sulfonamides is 1. The molecule has 0 heterocycles. The summed E-state index contributed by atoms with van der Waals surface area (Å²) < 4.78 is 28.1. The summed E-state index contributed by atoms with van der Waals surface area (Å²) in [5, 5.41) is 2.93. The second-order valence-corrected chi connectivity index (χ2v) is 8.74. The number of amides is 1. The number of carbonyl (C=O) groups excluding carboxylic acids is 1. The van der Waals surface area contributed by atoms with Gasteiger partial charge in [0.15, 0.2) is 0 Å². The van der Waals surface area contributed by atoms with Crippen LogP contribution in [-0.2, 0) is 10.0 Å². The van der Waals surface area contributed by atoms with Crippen LogP contribution in [0.15, 0.2) is 77.7 Å². The normalized spacial score (nSPS) is 12.2. The number of carbonyl (C=O) groups is 1. The predicted molar refractivity (Wildman–Crippen MR) is 115 cm³/mol. The quantitative estimate of drug-likeness (QED) is 0.626. The number of anilines is 1. The van der Waals surface area contributed by atoms with E-state index in [2.05, 4.69) is 10.0 Å². The average molecular weight is 409 g/mol. The van der Waals surface area contributed by atoms with Gasteiger partial charge < -0.3 is 5.32 Å². The van der Waals surface area contributed by atoms with E-state index in [0.717, 1.165) is 11.1 Å². The van der Waals surface area contributed by atoms with E-state index in [1.807, 2.05) is 56.3 Å². The van der Waals surface area contributed by atoms with Crippen molar-refractivity contribution >= 4 is 21.6 Å². The molecule has 0 saturated heterocycles. The Morgan fingerprint density at radius 1 is 0.897 bits per heavy atom. The molecule has 3 rings (SSSR count). The Morgan fingerprint density at radius 3 is 2.21 bits per heavy atom. The summed E-state index contributed by atoms with van der Waals surface area (Å²) >= 11 is 0. The fourth-order valence-corrected chi connectivity index (χ4v) is 4.03. The van der Waals surface area contributed by atoms with Gasteiger partial charge in [-0.1, -0.05) is 54.1 Å². The van der Waals surface area contributed by atoms with Gasteiger partial charge in [-0.2, -0.15) is 0 Å². The number of hydrogen-bond donors (Lipinski definition) is 2. The molecule has 29 heavy (non-hydrogen) atoms. The van der Waals surface area contributed by atoms with Crippen LogP contribution in [0.25, 0.3) is 0 Å². The number of nitrogens with one attached hydrogen (secondary N) is 2. The third-order valence-corrected chi connectivity index (χ3v) is 6.09. The molecular weight excluding hydrogens is 384 g/mol. The van der Waals surface area contributed by atoms with Crippen LogP contribution < -0.4 is 10.0 Å². The van der Waals surface area contributed by atoms with E-state index in [-0.39, 0.29) is 16.8 Å². The molecule has 0 fully saturated rings. The first kappa shape index (κ1) is 20.6. The molecule has 0 aliphatic rings. The lowest BCUT2D eigenvalue weighted by atomic mass is 10.1. The number of hydrogen-bond acceptors (Lipinski definition) is 3. The highest BCUT2D eigenvalue weighted by molar-refractivity contribution is 7.92. The summed E-state index contributed by atoms with van der Waals surface area (Å²) in [5.74, 6) is -0.314. The molecule has 0 bridgehead atoms. The SMILES string of the molecule is Cc1ccc(NS(=O)(=O)c2ccc(C)c(C(=O)NC(C)c3ccccc3)c2)cc1. The maximum atomic E-state index is 12.8. The van der Waals surface area contributed by atoms with E-state index in [1.54, 1.807) is 25.1 Å². The third kappa shape index (κ3) is 5.03. The topological polar surface area (TPSA) is 75.3 Å². The van der Waals surface area contributed by atoms with Gasteiger partial charge in [-0.3, -0.25) is 9.52 Å². The lowest BCUT2D eigenvalue weighted by Gasteiger charge is -2.16. The fourth-order valence-electron chi connectivity index (χ4n) is 2.95. The van der Waals surface area contributed by atoms with Crippen LogP contribution in [0.5, 0.6) is 0 Å². The van der Waals surface area contributed by atoms with E-state index in [9.17, 15) is 13.2 Å². The first-order chi connectivity index (χ1) is 13.8. The Morgan fingerprint density at radius 2 is 1.55 bits per heavy atom. The van der Waals surface area contributed by atoms with Crippen molar-refractivity contribution in [3.63, 3.8) is 0 Å². The molecule has 0 aromatic heterocycles. The molecule has 150 valence electrons. The lowest BCUT2D eigenvalue weighted by Crippen LogP contribution is -2.27. The lowest BCUT2D eigenvalue weighted by molar-refractivity contribution is 0.0939. The van der Waals surface area contributed by atoms with Gasteiger partial charge in [-0.25, -0.2) is 8.42 Å². The zero-order chi connectivity index (χ0) is 21.0. The first-order valence-corrected chi connectivity index (χ1v) is 10.8. The Hall–Kier alpha value is -3.12. The summed E-state index contributed by atoms with van der Waals surface area (Å²) in [4.78, 5) is 12.8. The maximum absolute atomic E-state index is 12.8. The molecule has 1 atom stereocenters. The van der Waals surface area contributed by atoms with Crippen LogP contribution >= 0.6 is 0 Å². The Bertz CT molecular complexity index is 1110. The summed E-state index contributed by atoms with van der Waals surface area (Å²) in [6, 6.07) is 21.0. The molecule has 6 heteroatoms. The van der Waals surface area contributed by atoms with Crippen molar-refractivity contribution in [3.8, 4) is 0 Å². The van der Waals surface area contributed by atoms with Gasteiger partial charge in [-0.05, 0) is 56.2 Å². The zero-order valence-corrected chi connectivity index (χ0v) is 17.5. The monoisotopic (exact) mass is 408 g/mol. The first-order valence-electron chi connectivity index (χ1n) is 9.32. The molecule has 2 N–H and O–H groups in total. The van der Waals surface area contributed by atoms with Gasteiger partial charge >= 0.3 is 0 Å². The van der Waals surface area contributed by atoms with Crippen molar-refractivity contribution in [1.82, 2.24) is 5.32 Å². The molecule has 1 amide bonds. The molecule has 3 aromatic carbocycles. The van der Waals surface area contributed by atoms with Crippen molar-refractivity contribution in [3.05, 3.63) is 95.1 Å². The van der Waals surface area contributed by atoms with Gasteiger partial charge in [-0.15, -0.1) is 0 Å². The van der Waals surface area contributed by atoms with Crippen molar-refractivity contribution in [2.45, 2.75) is 31.7 Å². The highest BCUT2D eigenvalue weighted by atomic mass is 32.2. The van der Waals surface area contributed by atoms with Crippen LogP contribution in [-0.4, -0.2) is 14.3 Å². The zero-order valence-electron chi connectivity index (χ0n) is 16.6. The van der Waals surface area contributed by atoms with E-state index in [4.69, 9.17) is 0 Å². The van der Waals surface area contributed by atoms with Crippen LogP contribution in [0, 0.1) is 13.8 Å². The molecule has 0 spiro atoms. The van der Waals surface area contributed by atoms with Crippen LogP contribution in [0.4, 0.5) is 5.69 Å². The minimum absolute atomic E-state index is 0.0428. The van der Waals surface area contributed by atoms with Gasteiger partial charge in [0.25, 0.3) is 15.9 Å². The Kier molecular flexibility index (Phi) is 6.03. The number of benzene rings is 3. The Balaban J connectivity index is 1.83. The Labute approximate surface area is 171 Å². The van der Waals surface area contributed by atoms with Gasteiger partial charge in [0.1, 0.15) is 0 Å². The third-order valence-electron chi connectivity index (χ3n) is 4.71. The van der Waals surface area contributed by atoms with E-state index >= 15 is 0 Å². The van der Waals surface area contributed by atoms with Crippen molar-refractivity contribution < 1.29 is 13.2 Å². The van der Waals surface area contributed by atoms with Crippen LogP contribution in [0.3, 0.4) is 0 Å². The molecular formula is C23H24N2O3S. The molecule has 1 unspecified atom stereocenters. The van der Waals surface area contributed by atoms with Crippen molar-refractivity contribution in [2.75, 3.05) is 4.72 Å². The minimum atomic E-state index is -3.81. The van der Waals surface area contributed by atoms with E-state index < -0.39 is 10.0 Å². The van der Waals surface area contributed by atoms with E-state index in [1.165, 1.54) is 12.1 Å². The molecule has 0 aliphatic carbocycles. The standard InChI is InChI=1S/C23H24N2O3S/c1-16-9-12-20(13-10-16)25-29(27,28)21-14-11-17(2)22(15-21)23(26)24-18(3)19-7-5-4-6-8-19/h4-15,18,25H,1-3H3,(H,24,26). The fraction of sp³-hybridized carbons (Fsp3) is 0.174. The van der Waals surface area contributed by atoms with Gasteiger partial charge in [0.05, 0.1) is 10.9 Å². The minimum Gasteiger partial charge on any atom is -0.346 e. The largest absolute Gasteiger partial charge is 0.346 e. The second kappa shape index (κ2) is 8.49. The summed E-state index contributed by atoms with van der Waals surface area (Å²) in [7, 11) is -3.81. The molecule has 0 aliphatic heterocycles. The average Bonchev–Trinajstić information content (AvgIpc) is 2.70. The highest BCUT2D eigenvalue weighted by Gasteiger charge is 2.19. The molecule has 5 nitrogen and oxygen atoms in total.